The minimum absolute atomic E-state index is 0.0850. The van der Waals surface area contributed by atoms with Crippen LogP contribution in [0.5, 0.6) is 0 Å². The second kappa shape index (κ2) is 5.59. The van der Waals surface area contributed by atoms with Gasteiger partial charge < -0.3 is 14.1 Å². The summed E-state index contributed by atoms with van der Waals surface area (Å²) in [6, 6.07) is 0.0215. The lowest BCUT2D eigenvalue weighted by molar-refractivity contribution is -0.142. The molecule has 21 heavy (non-hydrogen) atoms. The molecule has 0 saturated carbocycles. The number of likely N-dealkylation sites (N-methyl/N-ethyl adjacent to an activating group) is 1. The first-order valence-corrected chi connectivity index (χ1v) is 7.12. The summed E-state index contributed by atoms with van der Waals surface area (Å²) >= 11 is 0. The summed E-state index contributed by atoms with van der Waals surface area (Å²) < 4.78 is 24.2. The van der Waals surface area contributed by atoms with Crippen LogP contribution in [0.3, 0.4) is 0 Å². The molecule has 0 N–H and O–H groups in total. The van der Waals surface area contributed by atoms with Crippen molar-refractivity contribution in [3.8, 4) is 0 Å². The van der Waals surface area contributed by atoms with E-state index >= 15 is 0 Å². The highest BCUT2D eigenvalue weighted by atomic mass is 19.1. The summed E-state index contributed by atoms with van der Waals surface area (Å²) in [7, 11) is 1.86. The van der Waals surface area contributed by atoms with Crippen molar-refractivity contribution in [2.24, 2.45) is 0 Å². The highest BCUT2D eigenvalue weighted by Crippen LogP contribution is 2.27. The Hall–Kier alpha value is -1.70. The molecule has 2 aliphatic heterocycles. The monoisotopic (exact) mass is 298 g/mol. The summed E-state index contributed by atoms with van der Waals surface area (Å²) in [5.41, 5.74) is 0. The zero-order valence-electron chi connectivity index (χ0n) is 12.2. The number of cyclic esters (lactones) is 1. The molecule has 0 aliphatic carbocycles. The van der Waals surface area contributed by atoms with Gasteiger partial charge in [0.1, 0.15) is 12.2 Å². The van der Waals surface area contributed by atoms with Gasteiger partial charge in [0.25, 0.3) is 0 Å². The van der Waals surface area contributed by atoms with Gasteiger partial charge in [0.2, 0.25) is 5.89 Å². The molecular weight excluding hydrogens is 279 g/mol. The molecule has 2 saturated heterocycles. The van der Waals surface area contributed by atoms with Crippen LogP contribution in [0.25, 0.3) is 0 Å². The molecule has 116 valence electrons. The number of aromatic nitrogens is 2. The van der Waals surface area contributed by atoms with Crippen LogP contribution < -0.4 is 4.90 Å². The molecule has 0 spiro atoms. The predicted molar refractivity (Wildman–Crippen MR) is 71.7 cm³/mol. The third-order valence-electron chi connectivity index (χ3n) is 4.06. The highest BCUT2D eigenvalue weighted by Gasteiger charge is 2.38. The van der Waals surface area contributed by atoms with E-state index in [-0.39, 0.29) is 24.6 Å². The van der Waals surface area contributed by atoms with Crippen molar-refractivity contribution < 1.29 is 18.3 Å². The van der Waals surface area contributed by atoms with Crippen LogP contribution >= 0.6 is 0 Å². The van der Waals surface area contributed by atoms with Gasteiger partial charge in [0.15, 0.2) is 0 Å². The molecule has 1 aromatic rings. The Labute approximate surface area is 122 Å². The number of aryl methyl sites for hydroxylation is 1. The second-order valence-corrected chi connectivity index (χ2v) is 5.65. The molecule has 8 heteroatoms. The molecule has 0 unspecified atom stereocenters. The lowest BCUT2D eigenvalue weighted by Crippen LogP contribution is -2.44. The fraction of sp³-hybridized carbons (Fsp3) is 0.769. The Bertz CT molecular complexity index is 523. The first-order chi connectivity index (χ1) is 10.0. The van der Waals surface area contributed by atoms with Crippen LogP contribution in [0.1, 0.15) is 18.7 Å². The summed E-state index contributed by atoms with van der Waals surface area (Å²) in [5.74, 6) is 0.256. The molecule has 3 rings (SSSR count). The van der Waals surface area contributed by atoms with Crippen LogP contribution in [0.4, 0.5) is 10.4 Å². The van der Waals surface area contributed by atoms with E-state index in [1.165, 1.54) is 0 Å². The van der Waals surface area contributed by atoms with Gasteiger partial charge in [-0.1, -0.05) is 5.10 Å². The standard InChI is InChI=1S/C13H19FN4O3/c1-8-15-16-13(21-8)18-6-9(14)5-10(18)7-17(2)11-3-4-20-12(11)19/h9-11H,3-7H2,1-2H3/t9-,10-,11+/m0/s1. The maximum atomic E-state index is 13.8. The van der Waals surface area contributed by atoms with Crippen molar-refractivity contribution in [1.29, 1.82) is 0 Å². The quantitative estimate of drug-likeness (QED) is 0.751. The normalized spacial score (nSPS) is 29.4. The minimum Gasteiger partial charge on any atom is -0.464 e. The number of anilines is 1. The molecule has 3 heterocycles. The van der Waals surface area contributed by atoms with E-state index in [0.717, 1.165) is 0 Å². The van der Waals surface area contributed by atoms with Gasteiger partial charge in [-0.05, 0) is 7.05 Å². The SMILES string of the molecule is Cc1nnc(N2C[C@@H](F)C[C@H]2CN(C)[C@@H]2CCOC2=O)o1. The van der Waals surface area contributed by atoms with Crippen molar-refractivity contribution >= 4 is 12.0 Å². The lowest BCUT2D eigenvalue weighted by atomic mass is 10.1. The molecule has 0 radical (unpaired) electrons. The third-order valence-corrected chi connectivity index (χ3v) is 4.06. The van der Waals surface area contributed by atoms with E-state index in [0.29, 0.717) is 37.9 Å². The molecule has 0 bridgehead atoms. The molecule has 1 aromatic heterocycles. The van der Waals surface area contributed by atoms with Gasteiger partial charge in [-0.25, -0.2) is 4.39 Å². The Kier molecular flexibility index (Phi) is 3.79. The summed E-state index contributed by atoms with van der Waals surface area (Å²) in [5, 5.41) is 7.76. The van der Waals surface area contributed by atoms with E-state index in [1.54, 1.807) is 11.8 Å². The van der Waals surface area contributed by atoms with Crippen molar-refractivity contribution in [2.45, 2.75) is 38.0 Å². The molecular formula is C13H19FN4O3. The first kappa shape index (κ1) is 14.2. The molecule has 0 aromatic carbocycles. The highest BCUT2D eigenvalue weighted by molar-refractivity contribution is 5.77. The Morgan fingerprint density at radius 3 is 2.90 bits per heavy atom. The largest absolute Gasteiger partial charge is 0.464 e. The number of esters is 1. The topological polar surface area (TPSA) is 71.7 Å². The van der Waals surface area contributed by atoms with Gasteiger partial charge in [-0.15, -0.1) is 5.10 Å². The smallest absolute Gasteiger partial charge is 0.323 e. The van der Waals surface area contributed by atoms with E-state index in [4.69, 9.17) is 9.15 Å². The Balaban J connectivity index is 1.69. The molecule has 3 atom stereocenters. The average Bonchev–Trinajstić information content (AvgIpc) is 3.10. The maximum absolute atomic E-state index is 13.8. The second-order valence-electron chi connectivity index (χ2n) is 5.65. The van der Waals surface area contributed by atoms with E-state index < -0.39 is 6.17 Å². The number of rotatable bonds is 4. The lowest BCUT2D eigenvalue weighted by Gasteiger charge is -2.28. The summed E-state index contributed by atoms with van der Waals surface area (Å²) in [4.78, 5) is 15.3. The molecule has 2 fully saturated rings. The van der Waals surface area contributed by atoms with Crippen LogP contribution in [0, 0.1) is 6.92 Å². The van der Waals surface area contributed by atoms with Crippen molar-refractivity contribution in [2.75, 3.05) is 31.6 Å². The van der Waals surface area contributed by atoms with Crippen molar-refractivity contribution in [3.63, 3.8) is 0 Å². The zero-order valence-corrected chi connectivity index (χ0v) is 12.2. The van der Waals surface area contributed by atoms with E-state index in [1.807, 2.05) is 11.9 Å². The van der Waals surface area contributed by atoms with Crippen LogP contribution in [-0.2, 0) is 9.53 Å². The summed E-state index contributed by atoms with van der Waals surface area (Å²) in [6.07, 6.45) is 0.153. The zero-order chi connectivity index (χ0) is 15.0. The van der Waals surface area contributed by atoms with Crippen LogP contribution in [0.2, 0.25) is 0 Å². The minimum atomic E-state index is -0.925. The van der Waals surface area contributed by atoms with Crippen LogP contribution in [0.15, 0.2) is 4.42 Å². The van der Waals surface area contributed by atoms with E-state index in [9.17, 15) is 9.18 Å². The van der Waals surface area contributed by atoms with Crippen molar-refractivity contribution in [1.82, 2.24) is 15.1 Å². The summed E-state index contributed by atoms with van der Waals surface area (Å²) in [6.45, 7) is 2.96. The number of halogens is 1. The van der Waals surface area contributed by atoms with Gasteiger partial charge in [0.05, 0.1) is 13.2 Å². The number of ether oxygens (including phenoxy) is 1. The van der Waals surface area contributed by atoms with Gasteiger partial charge in [-0.2, -0.15) is 0 Å². The number of hydrogen-bond donors (Lipinski definition) is 0. The number of nitrogens with zero attached hydrogens (tertiary/aromatic N) is 4. The molecule has 2 aliphatic rings. The van der Waals surface area contributed by atoms with Gasteiger partial charge in [0, 0.05) is 32.4 Å². The molecule has 0 amide bonds. The van der Waals surface area contributed by atoms with Crippen LogP contribution in [-0.4, -0.2) is 66.1 Å². The fourth-order valence-electron chi connectivity index (χ4n) is 3.01. The third kappa shape index (κ3) is 2.85. The first-order valence-electron chi connectivity index (χ1n) is 7.12. The number of alkyl halides is 1. The Morgan fingerprint density at radius 1 is 1.48 bits per heavy atom. The van der Waals surface area contributed by atoms with Gasteiger partial charge >= 0.3 is 12.0 Å². The van der Waals surface area contributed by atoms with Crippen molar-refractivity contribution in [3.05, 3.63) is 5.89 Å². The number of hydrogen-bond acceptors (Lipinski definition) is 7. The fourth-order valence-corrected chi connectivity index (χ4v) is 3.01. The predicted octanol–water partition coefficient (Wildman–Crippen LogP) is 0.542. The number of carbonyl (C=O) groups is 1. The average molecular weight is 298 g/mol. The number of carbonyl (C=O) groups excluding carboxylic acids is 1. The van der Waals surface area contributed by atoms with Gasteiger partial charge in [-0.3, -0.25) is 9.69 Å². The maximum Gasteiger partial charge on any atom is 0.323 e. The molecule has 7 nitrogen and oxygen atoms in total. The Morgan fingerprint density at radius 2 is 2.29 bits per heavy atom. The van der Waals surface area contributed by atoms with E-state index in [2.05, 4.69) is 10.2 Å².